The van der Waals surface area contributed by atoms with Gasteiger partial charge in [-0.2, -0.15) is 0 Å². The highest BCUT2D eigenvalue weighted by Crippen LogP contribution is 2.31. The second kappa shape index (κ2) is 7.62. The third-order valence-corrected chi connectivity index (χ3v) is 4.55. The maximum Gasteiger partial charge on any atom is 0.137 e. The molecule has 0 amide bonds. The second-order valence-electron chi connectivity index (χ2n) is 6.37. The molecule has 1 aliphatic heterocycles. The number of aromatic nitrogens is 2. The fourth-order valence-electron chi connectivity index (χ4n) is 3.25. The van der Waals surface area contributed by atoms with Crippen LogP contribution < -0.4 is 10.2 Å². The Hall–Kier alpha value is -1.32. The van der Waals surface area contributed by atoms with Gasteiger partial charge in [-0.3, -0.25) is 0 Å². The lowest BCUT2D eigenvalue weighted by molar-refractivity contribution is 0.310. The molecule has 1 fully saturated rings. The highest BCUT2D eigenvalue weighted by atomic mass is 15.2. The van der Waals surface area contributed by atoms with Crippen molar-refractivity contribution in [3.63, 3.8) is 0 Å². The van der Waals surface area contributed by atoms with Crippen LogP contribution >= 0.6 is 0 Å². The summed E-state index contributed by atoms with van der Waals surface area (Å²) in [5.41, 5.74) is 1.30. The first kappa shape index (κ1) is 16.1. The third kappa shape index (κ3) is 3.86. The number of anilines is 2. The quantitative estimate of drug-likeness (QED) is 0.866. The van der Waals surface area contributed by atoms with Gasteiger partial charge < -0.3 is 10.2 Å². The molecule has 4 heteroatoms. The lowest BCUT2D eigenvalue weighted by Crippen LogP contribution is -2.36. The van der Waals surface area contributed by atoms with Crippen LogP contribution in [-0.2, 0) is 6.42 Å². The van der Waals surface area contributed by atoms with E-state index in [1.165, 1.54) is 18.4 Å². The minimum Gasteiger partial charge on any atom is -0.370 e. The van der Waals surface area contributed by atoms with Gasteiger partial charge in [-0.15, -0.1) is 0 Å². The van der Waals surface area contributed by atoms with Crippen LogP contribution in [0.4, 0.5) is 11.6 Å². The first-order chi connectivity index (χ1) is 10.2. The van der Waals surface area contributed by atoms with Crippen LogP contribution in [-0.4, -0.2) is 29.6 Å². The SMILES string of the molecule is CCCc1c(NCC)ncnc1N1CCC(C(C)C)CC1. The molecule has 1 aromatic heterocycles. The van der Waals surface area contributed by atoms with E-state index in [2.05, 4.69) is 47.9 Å². The van der Waals surface area contributed by atoms with E-state index in [4.69, 9.17) is 0 Å². The van der Waals surface area contributed by atoms with Gasteiger partial charge in [0.15, 0.2) is 0 Å². The topological polar surface area (TPSA) is 41.1 Å². The Balaban J connectivity index is 2.17. The molecule has 0 radical (unpaired) electrons. The molecule has 0 aromatic carbocycles. The monoisotopic (exact) mass is 290 g/mol. The van der Waals surface area contributed by atoms with Crippen molar-refractivity contribution >= 4 is 11.6 Å². The number of piperidine rings is 1. The molecule has 0 unspecified atom stereocenters. The molecular weight excluding hydrogens is 260 g/mol. The highest BCUT2D eigenvalue weighted by Gasteiger charge is 2.24. The Kier molecular flexibility index (Phi) is 5.83. The van der Waals surface area contributed by atoms with Crippen molar-refractivity contribution in [2.24, 2.45) is 11.8 Å². The minimum absolute atomic E-state index is 0.796. The summed E-state index contributed by atoms with van der Waals surface area (Å²) < 4.78 is 0. The van der Waals surface area contributed by atoms with Crippen molar-refractivity contribution < 1.29 is 0 Å². The maximum atomic E-state index is 4.61. The van der Waals surface area contributed by atoms with E-state index >= 15 is 0 Å². The molecule has 118 valence electrons. The van der Waals surface area contributed by atoms with E-state index in [0.29, 0.717) is 0 Å². The van der Waals surface area contributed by atoms with E-state index in [1.54, 1.807) is 6.33 Å². The predicted molar refractivity (Wildman–Crippen MR) is 90.0 cm³/mol. The molecule has 0 aliphatic carbocycles. The second-order valence-corrected chi connectivity index (χ2v) is 6.37. The van der Waals surface area contributed by atoms with Gasteiger partial charge in [0.05, 0.1) is 0 Å². The van der Waals surface area contributed by atoms with E-state index in [1.807, 2.05) is 0 Å². The predicted octanol–water partition coefficient (Wildman–Crippen LogP) is 3.73. The largest absolute Gasteiger partial charge is 0.370 e. The van der Waals surface area contributed by atoms with E-state index in [-0.39, 0.29) is 0 Å². The van der Waals surface area contributed by atoms with Gasteiger partial charge in [0, 0.05) is 25.2 Å². The molecule has 21 heavy (non-hydrogen) atoms. The summed E-state index contributed by atoms with van der Waals surface area (Å²) in [6, 6.07) is 0. The van der Waals surface area contributed by atoms with E-state index in [9.17, 15) is 0 Å². The van der Waals surface area contributed by atoms with Crippen molar-refractivity contribution in [2.45, 2.75) is 53.4 Å². The number of rotatable bonds is 6. The molecule has 0 spiro atoms. The van der Waals surface area contributed by atoms with Crippen molar-refractivity contribution in [2.75, 3.05) is 29.9 Å². The average molecular weight is 290 g/mol. The summed E-state index contributed by atoms with van der Waals surface area (Å²) in [5.74, 6) is 3.84. The highest BCUT2D eigenvalue weighted by molar-refractivity contribution is 5.59. The van der Waals surface area contributed by atoms with Gasteiger partial charge in [0.1, 0.15) is 18.0 Å². The van der Waals surface area contributed by atoms with Gasteiger partial charge in [0.25, 0.3) is 0 Å². The van der Waals surface area contributed by atoms with E-state index < -0.39 is 0 Å². The summed E-state index contributed by atoms with van der Waals surface area (Å²) in [4.78, 5) is 11.5. The fraction of sp³-hybridized carbons (Fsp3) is 0.765. The smallest absolute Gasteiger partial charge is 0.137 e. The van der Waals surface area contributed by atoms with Crippen LogP contribution in [0.25, 0.3) is 0 Å². The minimum atomic E-state index is 0.796. The molecule has 1 aliphatic rings. The summed E-state index contributed by atoms with van der Waals surface area (Å²) >= 11 is 0. The number of hydrogen-bond donors (Lipinski definition) is 1. The van der Waals surface area contributed by atoms with Gasteiger partial charge in [-0.25, -0.2) is 9.97 Å². The van der Waals surface area contributed by atoms with Crippen LogP contribution in [0.5, 0.6) is 0 Å². The van der Waals surface area contributed by atoms with Gasteiger partial charge in [-0.05, 0) is 38.0 Å². The molecule has 1 saturated heterocycles. The molecule has 4 nitrogen and oxygen atoms in total. The summed E-state index contributed by atoms with van der Waals surface area (Å²) in [6.07, 6.45) is 6.44. The molecule has 0 saturated carbocycles. The molecule has 2 rings (SSSR count). The van der Waals surface area contributed by atoms with Crippen LogP contribution in [0.3, 0.4) is 0 Å². The molecule has 0 bridgehead atoms. The van der Waals surface area contributed by atoms with Crippen LogP contribution in [0.2, 0.25) is 0 Å². The number of nitrogens with zero attached hydrogens (tertiary/aromatic N) is 3. The van der Waals surface area contributed by atoms with Crippen molar-refractivity contribution in [3.05, 3.63) is 11.9 Å². The van der Waals surface area contributed by atoms with Crippen LogP contribution in [0.15, 0.2) is 6.33 Å². The van der Waals surface area contributed by atoms with Crippen LogP contribution in [0.1, 0.15) is 52.5 Å². The molecular formula is C17H30N4. The zero-order chi connectivity index (χ0) is 15.2. The summed E-state index contributed by atoms with van der Waals surface area (Å²) in [7, 11) is 0. The maximum absolute atomic E-state index is 4.61. The lowest BCUT2D eigenvalue weighted by Gasteiger charge is -2.35. The van der Waals surface area contributed by atoms with Crippen LogP contribution in [0, 0.1) is 11.8 Å². The third-order valence-electron chi connectivity index (χ3n) is 4.55. The van der Waals surface area contributed by atoms with Gasteiger partial charge in [-0.1, -0.05) is 27.2 Å². The number of nitrogens with one attached hydrogen (secondary N) is 1. The average Bonchev–Trinajstić information content (AvgIpc) is 2.49. The first-order valence-corrected chi connectivity index (χ1v) is 8.50. The Labute approximate surface area is 129 Å². The molecule has 2 heterocycles. The zero-order valence-corrected chi connectivity index (χ0v) is 14.0. The lowest BCUT2D eigenvalue weighted by atomic mass is 9.86. The van der Waals surface area contributed by atoms with Gasteiger partial charge in [0.2, 0.25) is 0 Å². The van der Waals surface area contributed by atoms with Crippen molar-refractivity contribution in [1.29, 1.82) is 0 Å². The zero-order valence-electron chi connectivity index (χ0n) is 14.0. The fourth-order valence-corrected chi connectivity index (χ4v) is 3.25. The standard InChI is InChI=1S/C17H30N4/c1-5-7-15-16(18-6-2)19-12-20-17(15)21-10-8-14(9-11-21)13(3)4/h12-14H,5-11H2,1-4H3,(H,18,19,20). The Morgan fingerprint density at radius 1 is 1.24 bits per heavy atom. The number of hydrogen-bond acceptors (Lipinski definition) is 4. The van der Waals surface area contributed by atoms with Crippen molar-refractivity contribution in [3.8, 4) is 0 Å². The van der Waals surface area contributed by atoms with Crippen molar-refractivity contribution in [1.82, 2.24) is 9.97 Å². The first-order valence-electron chi connectivity index (χ1n) is 8.50. The molecule has 0 atom stereocenters. The molecule has 1 N–H and O–H groups in total. The Morgan fingerprint density at radius 2 is 1.95 bits per heavy atom. The Morgan fingerprint density at radius 3 is 2.52 bits per heavy atom. The molecule has 1 aromatic rings. The van der Waals surface area contributed by atoms with E-state index in [0.717, 1.165) is 55.9 Å². The van der Waals surface area contributed by atoms with Gasteiger partial charge >= 0.3 is 0 Å². The summed E-state index contributed by atoms with van der Waals surface area (Å²) in [5, 5.41) is 3.39. The normalized spacial score (nSPS) is 16.5. The summed E-state index contributed by atoms with van der Waals surface area (Å²) in [6.45, 7) is 12.2. The Bertz CT molecular complexity index is 436.